The number of amides is 2. The summed E-state index contributed by atoms with van der Waals surface area (Å²) in [6, 6.07) is 1.82. The molecule has 0 bridgehead atoms. The lowest BCUT2D eigenvalue weighted by molar-refractivity contribution is -0.136. The van der Waals surface area contributed by atoms with Gasteiger partial charge in [0.15, 0.2) is 0 Å². The number of hydrogen-bond acceptors (Lipinski definition) is 4. The quantitative estimate of drug-likeness (QED) is 0.785. The maximum absolute atomic E-state index is 12.5. The SMILES string of the molecule is CC(=O)NC(CS)C(=O)N(Cc1ccsc1)C1CC1. The van der Waals surface area contributed by atoms with Gasteiger partial charge in [-0.1, -0.05) is 0 Å². The number of nitrogens with zero attached hydrogens (tertiary/aromatic N) is 1. The normalized spacial score (nSPS) is 15.9. The number of thiophene rings is 1. The Hall–Kier alpha value is -1.01. The molecule has 0 radical (unpaired) electrons. The van der Waals surface area contributed by atoms with Gasteiger partial charge in [-0.3, -0.25) is 9.59 Å². The molecule has 1 aromatic heterocycles. The van der Waals surface area contributed by atoms with Crippen molar-refractivity contribution < 1.29 is 9.59 Å². The van der Waals surface area contributed by atoms with Crippen LogP contribution in [0.3, 0.4) is 0 Å². The molecule has 4 nitrogen and oxygen atoms in total. The van der Waals surface area contributed by atoms with Crippen LogP contribution in [-0.4, -0.2) is 34.6 Å². The zero-order chi connectivity index (χ0) is 13.8. The topological polar surface area (TPSA) is 49.4 Å². The van der Waals surface area contributed by atoms with Crippen LogP contribution in [0, 0.1) is 0 Å². The Labute approximate surface area is 122 Å². The van der Waals surface area contributed by atoms with Crippen LogP contribution < -0.4 is 5.32 Å². The molecule has 1 unspecified atom stereocenters. The van der Waals surface area contributed by atoms with Crippen molar-refractivity contribution in [2.24, 2.45) is 0 Å². The number of carbonyl (C=O) groups excluding carboxylic acids is 2. The Kier molecular flexibility index (Phi) is 4.87. The lowest BCUT2D eigenvalue weighted by atomic mass is 10.2. The number of carbonyl (C=O) groups is 2. The second kappa shape index (κ2) is 6.43. The third-order valence-electron chi connectivity index (χ3n) is 3.06. The van der Waals surface area contributed by atoms with Crippen LogP contribution in [0.1, 0.15) is 25.3 Å². The average Bonchev–Trinajstić information content (AvgIpc) is 3.09. The lowest BCUT2D eigenvalue weighted by Gasteiger charge is -2.26. The Morgan fingerprint density at radius 1 is 1.58 bits per heavy atom. The summed E-state index contributed by atoms with van der Waals surface area (Å²) in [6.07, 6.45) is 2.10. The molecular formula is C13H18N2O2S2. The van der Waals surface area contributed by atoms with E-state index in [9.17, 15) is 9.59 Å². The highest BCUT2D eigenvalue weighted by Crippen LogP contribution is 2.29. The Morgan fingerprint density at radius 3 is 2.79 bits per heavy atom. The molecule has 1 saturated carbocycles. The maximum Gasteiger partial charge on any atom is 0.246 e. The first kappa shape index (κ1) is 14.4. The molecule has 1 N–H and O–H groups in total. The Bertz CT molecular complexity index is 444. The van der Waals surface area contributed by atoms with Gasteiger partial charge in [-0.15, -0.1) is 0 Å². The van der Waals surface area contributed by atoms with Crippen LogP contribution in [0.2, 0.25) is 0 Å². The van der Waals surface area contributed by atoms with Gasteiger partial charge in [-0.25, -0.2) is 0 Å². The molecule has 1 aliphatic carbocycles. The highest BCUT2D eigenvalue weighted by atomic mass is 32.1. The van der Waals surface area contributed by atoms with E-state index in [1.807, 2.05) is 16.3 Å². The zero-order valence-corrected chi connectivity index (χ0v) is 12.5. The van der Waals surface area contributed by atoms with Crippen molar-refractivity contribution in [3.05, 3.63) is 22.4 Å². The minimum absolute atomic E-state index is 0.0288. The number of hydrogen-bond donors (Lipinski definition) is 2. The van der Waals surface area contributed by atoms with Crippen LogP contribution in [0.4, 0.5) is 0 Å². The third kappa shape index (κ3) is 3.98. The van der Waals surface area contributed by atoms with E-state index in [4.69, 9.17) is 0 Å². The fourth-order valence-electron chi connectivity index (χ4n) is 1.98. The molecule has 2 rings (SSSR count). The van der Waals surface area contributed by atoms with Gasteiger partial charge in [0, 0.05) is 25.3 Å². The molecule has 0 spiro atoms. The predicted molar refractivity (Wildman–Crippen MR) is 79.3 cm³/mol. The van der Waals surface area contributed by atoms with Crippen LogP contribution in [0.5, 0.6) is 0 Å². The molecule has 1 heterocycles. The molecule has 0 saturated heterocycles. The second-order valence-corrected chi connectivity index (χ2v) is 5.91. The van der Waals surface area contributed by atoms with E-state index in [1.165, 1.54) is 6.92 Å². The molecule has 0 aromatic carbocycles. The molecule has 0 aliphatic heterocycles. The fourth-order valence-corrected chi connectivity index (χ4v) is 2.89. The Morgan fingerprint density at radius 2 is 2.32 bits per heavy atom. The summed E-state index contributed by atoms with van der Waals surface area (Å²) in [6.45, 7) is 2.04. The highest BCUT2D eigenvalue weighted by molar-refractivity contribution is 7.80. The number of rotatable bonds is 6. The van der Waals surface area contributed by atoms with Gasteiger partial charge in [-0.05, 0) is 35.2 Å². The molecular weight excluding hydrogens is 280 g/mol. The maximum atomic E-state index is 12.5. The minimum Gasteiger partial charge on any atom is -0.344 e. The standard InChI is InChI=1S/C13H18N2O2S2/c1-9(16)14-12(7-18)13(17)15(11-2-3-11)6-10-4-5-19-8-10/h4-5,8,11-12,18H,2-3,6-7H2,1H3,(H,14,16). The van der Waals surface area contributed by atoms with E-state index in [1.54, 1.807) is 11.3 Å². The van der Waals surface area contributed by atoms with E-state index < -0.39 is 6.04 Å². The Balaban J connectivity index is 2.05. The van der Waals surface area contributed by atoms with Crippen molar-refractivity contribution in [1.82, 2.24) is 10.2 Å². The molecule has 1 fully saturated rings. The fraction of sp³-hybridized carbons (Fsp3) is 0.538. The van der Waals surface area contributed by atoms with Crippen molar-refractivity contribution in [2.45, 2.75) is 38.4 Å². The average molecular weight is 298 g/mol. The smallest absolute Gasteiger partial charge is 0.246 e. The van der Waals surface area contributed by atoms with E-state index >= 15 is 0 Å². The van der Waals surface area contributed by atoms with Crippen molar-refractivity contribution in [3.63, 3.8) is 0 Å². The highest BCUT2D eigenvalue weighted by Gasteiger charge is 2.35. The van der Waals surface area contributed by atoms with Crippen LogP contribution >= 0.6 is 24.0 Å². The van der Waals surface area contributed by atoms with E-state index in [2.05, 4.69) is 23.3 Å². The first-order valence-corrected chi connectivity index (χ1v) is 7.89. The van der Waals surface area contributed by atoms with Crippen molar-refractivity contribution >= 4 is 35.8 Å². The lowest BCUT2D eigenvalue weighted by Crippen LogP contribution is -2.49. The largest absolute Gasteiger partial charge is 0.344 e. The molecule has 104 valence electrons. The first-order chi connectivity index (χ1) is 9.11. The summed E-state index contributed by atoms with van der Waals surface area (Å²) in [7, 11) is 0. The summed E-state index contributed by atoms with van der Waals surface area (Å²) in [5.41, 5.74) is 1.14. The van der Waals surface area contributed by atoms with E-state index in [0.29, 0.717) is 18.3 Å². The summed E-state index contributed by atoms with van der Waals surface area (Å²) >= 11 is 5.79. The van der Waals surface area contributed by atoms with Gasteiger partial charge in [0.1, 0.15) is 6.04 Å². The summed E-state index contributed by atoms with van der Waals surface area (Å²) in [4.78, 5) is 25.5. The summed E-state index contributed by atoms with van der Waals surface area (Å²) in [5.74, 6) is 0.100. The molecule has 1 atom stereocenters. The first-order valence-electron chi connectivity index (χ1n) is 6.31. The van der Waals surface area contributed by atoms with Gasteiger partial charge in [0.2, 0.25) is 11.8 Å². The second-order valence-electron chi connectivity index (χ2n) is 4.76. The predicted octanol–water partition coefficient (Wildman–Crippen LogP) is 1.67. The molecule has 2 amide bonds. The van der Waals surface area contributed by atoms with Gasteiger partial charge < -0.3 is 10.2 Å². The third-order valence-corrected chi connectivity index (χ3v) is 4.16. The monoisotopic (exact) mass is 298 g/mol. The summed E-state index contributed by atoms with van der Waals surface area (Å²) in [5, 5.41) is 6.73. The zero-order valence-electron chi connectivity index (χ0n) is 10.8. The molecule has 6 heteroatoms. The number of nitrogens with one attached hydrogen (secondary N) is 1. The minimum atomic E-state index is -0.528. The molecule has 19 heavy (non-hydrogen) atoms. The van der Waals surface area contributed by atoms with Gasteiger partial charge in [0.05, 0.1) is 0 Å². The molecule has 1 aromatic rings. The van der Waals surface area contributed by atoms with Crippen molar-refractivity contribution in [1.29, 1.82) is 0 Å². The van der Waals surface area contributed by atoms with Gasteiger partial charge in [0.25, 0.3) is 0 Å². The van der Waals surface area contributed by atoms with Crippen LogP contribution in [-0.2, 0) is 16.1 Å². The van der Waals surface area contributed by atoms with Crippen molar-refractivity contribution in [2.75, 3.05) is 5.75 Å². The van der Waals surface area contributed by atoms with Gasteiger partial charge >= 0.3 is 0 Å². The van der Waals surface area contributed by atoms with Gasteiger partial charge in [-0.2, -0.15) is 24.0 Å². The van der Waals surface area contributed by atoms with Crippen molar-refractivity contribution in [3.8, 4) is 0 Å². The van der Waals surface area contributed by atoms with Crippen LogP contribution in [0.25, 0.3) is 0 Å². The van der Waals surface area contributed by atoms with Crippen LogP contribution in [0.15, 0.2) is 16.8 Å². The van der Waals surface area contributed by atoms with E-state index in [-0.39, 0.29) is 11.8 Å². The summed E-state index contributed by atoms with van der Waals surface area (Å²) < 4.78 is 0. The molecule has 1 aliphatic rings. The number of thiol groups is 1. The van der Waals surface area contributed by atoms with E-state index in [0.717, 1.165) is 18.4 Å².